The Hall–Kier alpha value is -3.39. The van der Waals surface area contributed by atoms with Crippen LogP contribution in [-0.4, -0.2) is 220 Å². The maximum Gasteiger partial charge on any atom is 0.397 e. The van der Waals surface area contributed by atoms with Crippen LogP contribution in [0.2, 0.25) is 0 Å². The molecule has 1 aromatic rings. The zero-order valence-electron chi connectivity index (χ0n) is 42.6. The number of hydrogen-bond donors (Lipinski definition) is 9. The minimum atomic E-state index is -4.85. The topological polar surface area (TPSA) is 367 Å². The Morgan fingerprint density at radius 2 is 1.66 bits per heavy atom. The van der Waals surface area contributed by atoms with Gasteiger partial charge in [-0.2, -0.15) is 8.42 Å². The molecular formula is C47H78N6O20S. The summed E-state index contributed by atoms with van der Waals surface area (Å²) < 4.78 is 74.4. The van der Waals surface area contributed by atoms with Gasteiger partial charge < -0.3 is 74.6 Å². The van der Waals surface area contributed by atoms with Crippen LogP contribution in [0.5, 0.6) is 0 Å². The summed E-state index contributed by atoms with van der Waals surface area (Å²) in [5, 5.41) is 78.0. The second-order valence-electron chi connectivity index (χ2n) is 20.7. The van der Waals surface area contributed by atoms with E-state index in [1.165, 1.54) is 31.8 Å². The van der Waals surface area contributed by atoms with Crippen molar-refractivity contribution >= 4 is 33.9 Å². The number of carbonyl (C=O) groups excluding carboxylic acids is 4. The van der Waals surface area contributed by atoms with Gasteiger partial charge in [-0.15, -0.1) is 5.10 Å². The number of nitrogens with one attached hydrogen (secondary N) is 2. The molecule has 2 saturated carbocycles. The maximum atomic E-state index is 14.2. The van der Waals surface area contributed by atoms with Crippen LogP contribution in [-0.2, 0) is 63.9 Å². The number of nitrogens with zero attached hydrogens (tertiary/aromatic N) is 4. The predicted molar refractivity (Wildman–Crippen MR) is 255 cm³/mol. The minimum Gasteiger partial charge on any atom is -0.396 e. The molecule has 422 valence electrons. The third-order valence-electron chi connectivity index (χ3n) is 15.0. The first-order valence-corrected chi connectivity index (χ1v) is 27.2. The summed E-state index contributed by atoms with van der Waals surface area (Å²) in [7, 11) is -3.54. The normalized spacial score (nSPS) is 33.3. The molecule has 0 aromatic carbocycles. The fraction of sp³-hybridized carbons (Fsp3) is 0.872. The largest absolute Gasteiger partial charge is 0.397 e. The maximum absolute atomic E-state index is 14.2. The zero-order chi connectivity index (χ0) is 53.9. The van der Waals surface area contributed by atoms with Gasteiger partial charge in [0.25, 0.3) is 11.8 Å². The molecule has 0 radical (unpaired) electrons. The molecule has 27 heteroatoms. The van der Waals surface area contributed by atoms with E-state index < -0.39 is 139 Å². The molecule has 9 N–H and O–H groups in total. The number of aliphatic hydroxyl groups is 6. The lowest BCUT2D eigenvalue weighted by Crippen LogP contribution is -2.67. The molecule has 1 aromatic heterocycles. The highest BCUT2D eigenvalue weighted by atomic mass is 32.3. The number of likely N-dealkylation sites (tertiary alicyclic amines) is 1. The summed E-state index contributed by atoms with van der Waals surface area (Å²) >= 11 is 0. The lowest BCUT2D eigenvalue weighted by atomic mass is 9.74. The van der Waals surface area contributed by atoms with Crippen molar-refractivity contribution < 1.29 is 95.4 Å². The van der Waals surface area contributed by atoms with Crippen LogP contribution in [0.4, 0.5) is 0 Å². The Balaban J connectivity index is 1.19. The Morgan fingerprint density at radius 3 is 2.28 bits per heavy atom. The van der Waals surface area contributed by atoms with E-state index in [2.05, 4.69) is 25.1 Å². The van der Waals surface area contributed by atoms with E-state index in [0.717, 1.165) is 38.5 Å². The molecule has 3 saturated heterocycles. The van der Waals surface area contributed by atoms with E-state index in [-0.39, 0.29) is 68.7 Å². The van der Waals surface area contributed by atoms with Crippen molar-refractivity contribution in [1.82, 2.24) is 30.5 Å². The first-order valence-electron chi connectivity index (χ1n) is 25.8. The third kappa shape index (κ3) is 15.6. The van der Waals surface area contributed by atoms with E-state index in [0.29, 0.717) is 25.9 Å². The molecule has 7 unspecified atom stereocenters. The van der Waals surface area contributed by atoms with Gasteiger partial charge in [-0.25, -0.2) is 4.18 Å². The molecule has 6 rings (SSSR count). The van der Waals surface area contributed by atoms with Crippen molar-refractivity contribution in [1.29, 1.82) is 0 Å². The van der Waals surface area contributed by atoms with E-state index in [4.69, 9.17) is 33.0 Å². The monoisotopic (exact) mass is 1080 g/mol. The van der Waals surface area contributed by atoms with Gasteiger partial charge in [0.2, 0.25) is 5.91 Å². The summed E-state index contributed by atoms with van der Waals surface area (Å²) in [6.45, 7) is 3.35. The third-order valence-corrected chi connectivity index (χ3v) is 15.5. The SMILES string of the molecule is CCC1CC(C(=O)CCCNC(=O)c2cn(CC(CO)(COC)COS(=O)(=O)O)nn2)C[C@@H](O[C@@H]2O[C@@H](CO)[C@H](O)C(O[C@@H](CC3CCCCC3)C(=O)N3CCC3)C2NC(C)=O)[C@@H]1O[C@@H]1OC(C)[C@@H](O)[C@H](O)C1O. The number of Topliss-reactive ketones (excluding diaryl/α,β-unsaturated/α-hetero) is 1. The van der Waals surface area contributed by atoms with Crippen LogP contribution < -0.4 is 10.6 Å². The number of amides is 3. The van der Waals surface area contributed by atoms with Crippen LogP contribution >= 0.6 is 0 Å². The number of rotatable bonds is 26. The number of aliphatic hydroxyl groups excluding tert-OH is 6. The van der Waals surface area contributed by atoms with Crippen molar-refractivity contribution in [2.45, 2.75) is 184 Å². The molecule has 5 fully saturated rings. The van der Waals surface area contributed by atoms with Gasteiger partial charge >= 0.3 is 10.4 Å². The second kappa shape index (κ2) is 27.3. The molecule has 3 aliphatic heterocycles. The highest BCUT2D eigenvalue weighted by Crippen LogP contribution is 2.41. The highest BCUT2D eigenvalue weighted by Gasteiger charge is 2.53. The molecule has 5 aliphatic rings. The molecule has 2 aliphatic carbocycles. The molecular weight excluding hydrogens is 1000 g/mol. The Morgan fingerprint density at radius 1 is 0.932 bits per heavy atom. The lowest BCUT2D eigenvalue weighted by molar-refractivity contribution is -0.338. The van der Waals surface area contributed by atoms with Crippen molar-refractivity contribution in [2.75, 3.05) is 53.2 Å². The van der Waals surface area contributed by atoms with Crippen LogP contribution in [0, 0.1) is 23.2 Å². The number of methoxy groups -OCH3 is 1. The van der Waals surface area contributed by atoms with Gasteiger partial charge in [0, 0.05) is 46.0 Å². The molecule has 4 heterocycles. The fourth-order valence-electron chi connectivity index (χ4n) is 10.7. The Labute approximate surface area is 431 Å². The van der Waals surface area contributed by atoms with Crippen molar-refractivity contribution in [3.63, 3.8) is 0 Å². The zero-order valence-corrected chi connectivity index (χ0v) is 43.4. The van der Waals surface area contributed by atoms with E-state index in [9.17, 15) is 58.2 Å². The van der Waals surface area contributed by atoms with Gasteiger partial charge in [-0.3, -0.25) is 28.4 Å². The summed E-state index contributed by atoms with van der Waals surface area (Å²) in [5.41, 5.74) is -1.52. The first-order chi connectivity index (χ1) is 35.2. The molecule has 74 heavy (non-hydrogen) atoms. The molecule has 0 spiro atoms. The van der Waals surface area contributed by atoms with Gasteiger partial charge in [-0.05, 0) is 50.9 Å². The smallest absolute Gasteiger partial charge is 0.396 e. The van der Waals surface area contributed by atoms with Crippen molar-refractivity contribution in [3.8, 4) is 0 Å². The quantitative estimate of drug-likeness (QED) is 0.0372. The number of ether oxygens (including phenoxy) is 6. The van der Waals surface area contributed by atoms with Gasteiger partial charge in [0.1, 0.15) is 54.6 Å². The summed E-state index contributed by atoms with van der Waals surface area (Å²) in [4.78, 5) is 56.0. The molecule has 3 amide bonds. The number of aromatic nitrogens is 3. The number of hydrogen-bond acceptors (Lipinski definition) is 21. The average Bonchev–Trinajstić information content (AvgIpc) is 3.82. The fourth-order valence-corrected chi connectivity index (χ4v) is 11.1. The predicted octanol–water partition coefficient (Wildman–Crippen LogP) is -1.62. The highest BCUT2D eigenvalue weighted by molar-refractivity contribution is 7.80. The van der Waals surface area contributed by atoms with E-state index >= 15 is 0 Å². The molecule has 16 atom stereocenters. The average molecular weight is 1080 g/mol. The first kappa shape index (κ1) is 59.8. The minimum absolute atomic E-state index is 0.00126. The van der Waals surface area contributed by atoms with Gasteiger partial charge in [-0.1, -0.05) is 50.7 Å². The number of carbonyl (C=O) groups is 4. The van der Waals surface area contributed by atoms with Crippen LogP contribution in [0.15, 0.2) is 6.20 Å². The summed E-state index contributed by atoms with van der Waals surface area (Å²) in [6, 6.07) is -1.26. The standard InChI is InChI=1S/C47H78N6O20S/c1-5-29-18-30(32(57)13-9-14-48-43(62)31-20-53(51-50-31)22-47(23-55,24-67-4)25-68-74(64,65)66)19-33(41(29)73-46-40(61)39(60)37(58)26(2)69-46)71-45-36(49-27(3)56)42(38(59)35(21-54)72-45)70-34(44(63)52-15-10-16-52)17-28-11-7-6-8-12-28/h20,26,28-30,33-42,45-46,54-55,58-61H,5-19,21-25H2,1-4H3,(H,48,62)(H,49,56)(H,64,65,66)/t26?,29?,30?,33-,34+,35+,36?,37-,38+,39+,40?,41-,42?,45-,46+,47?/m1/s1. The molecule has 0 bridgehead atoms. The lowest BCUT2D eigenvalue weighted by Gasteiger charge is -2.49. The Bertz CT molecular complexity index is 2100. The Kier molecular flexibility index (Phi) is 22.1. The van der Waals surface area contributed by atoms with Gasteiger partial charge in [0.15, 0.2) is 18.3 Å². The second-order valence-corrected chi connectivity index (χ2v) is 21.7. The van der Waals surface area contributed by atoms with Crippen LogP contribution in [0.1, 0.15) is 108 Å². The van der Waals surface area contributed by atoms with Crippen molar-refractivity contribution in [2.24, 2.45) is 23.2 Å². The summed E-state index contributed by atoms with van der Waals surface area (Å²) in [5.74, 6) is -2.56. The van der Waals surface area contributed by atoms with Crippen LogP contribution in [0.3, 0.4) is 0 Å². The van der Waals surface area contributed by atoms with E-state index in [1.54, 1.807) is 4.90 Å². The molecule has 26 nitrogen and oxygen atoms in total. The summed E-state index contributed by atoms with van der Waals surface area (Å²) in [6.07, 6.45) is -7.54. The van der Waals surface area contributed by atoms with Crippen molar-refractivity contribution in [3.05, 3.63) is 11.9 Å². The number of ketones is 1. The van der Waals surface area contributed by atoms with Crippen LogP contribution in [0.25, 0.3) is 0 Å². The van der Waals surface area contributed by atoms with E-state index in [1.807, 2.05) is 6.92 Å². The van der Waals surface area contributed by atoms with Gasteiger partial charge in [0.05, 0.1) is 62.9 Å².